The molecule has 0 N–H and O–H groups in total. The number of benzene rings is 2. The molecule has 2 nitrogen and oxygen atoms in total. The fourth-order valence-electron chi connectivity index (χ4n) is 2.58. The van der Waals surface area contributed by atoms with Crippen molar-refractivity contribution >= 4 is 23.5 Å². The first-order valence-corrected chi connectivity index (χ1v) is 9.90. The first-order valence-electron chi connectivity index (χ1n) is 7.93. The van der Waals surface area contributed by atoms with Crippen molar-refractivity contribution in [1.29, 1.82) is 5.26 Å². The number of rotatable bonds is 3. The predicted octanol–water partition coefficient (Wildman–Crippen LogP) is 5.05. The summed E-state index contributed by atoms with van der Waals surface area (Å²) in [6, 6.07) is 20.1. The molecule has 0 aliphatic carbocycles. The summed E-state index contributed by atoms with van der Waals surface area (Å²) in [6.45, 7) is 0. The summed E-state index contributed by atoms with van der Waals surface area (Å²) < 4.78 is 6.61. The molecule has 0 spiro atoms. The van der Waals surface area contributed by atoms with Crippen LogP contribution in [-0.2, 0) is 0 Å². The Balaban J connectivity index is 2.10. The molecule has 0 aromatic heterocycles. The standard InChI is InChI=1S/C21H17NOS2/c1-23-20-10-6-5-9-18(20)17(12-11-16-7-3-2-4-8-16)19(15-22)21-24-13-14-25-21/h2-10,17H,13-14H2,1H3. The van der Waals surface area contributed by atoms with Gasteiger partial charge in [0.05, 0.1) is 28.9 Å². The third kappa shape index (κ3) is 4.23. The van der Waals surface area contributed by atoms with Crippen molar-refractivity contribution in [3.05, 3.63) is 75.5 Å². The van der Waals surface area contributed by atoms with Gasteiger partial charge in [0, 0.05) is 22.6 Å². The Bertz CT molecular complexity index is 864. The lowest BCUT2D eigenvalue weighted by Gasteiger charge is -2.15. The third-order valence-electron chi connectivity index (χ3n) is 3.76. The second kappa shape index (κ2) is 8.72. The van der Waals surface area contributed by atoms with Gasteiger partial charge in [-0.1, -0.05) is 48.2 Å². The third-order valence-corrected chi connectivity index (χ3v) is 6.51. The van der Waals surface area contributed by atoms with Gasteiger partial charge in [0.2, 0.25) is 0 Å². The van der Waals surface area contributed by atoms with Gasteiger partial charge in [0.25, 0.3) is 0 Å². The van der Waals surface area contributed by atoms with Gasteiger partial charge in [-0.15, -0.1) is 23.5 Å². The quantitative estimate of drug-likeness (QED) is 0.565. The molecule has 0 saturated carbocycles. The van der Waals surface area contributed by atoms with E-state index in [1.54, 1.807) is 30.6 Å². The number of allylic oxidation sites excluding steroid dienone is 1. The second-order valence-corrected chi connectivity index (χ2v) is 7.79. The van der Waals surface area contributed by atoms with E-state index in [0.717, 1.165) is 38.2 Å². The zero-order chi connectivity index (χ0) is 17.5. The maximum absolute atomic E-state index is 9.84. The highest BCUT2D eigenvalue weighted by Gasteiger charge is 2.24. The van der Waals surface area contributed by atoms with E-state index in [4.69, 9.17) is 4.74 Å². The molecule has 0 radical (unpaired) electrons. The first kappa shape index (κ1) is 17.5. The zero-order valence-electron chi connectivity index (χ0n) is 13.9. The fourth-order valence-corrected chi connectivity index (χ4v) is 5.09. The van der Waals surface area contributed by atoms with E-state index >= 15 is 0 Å². The van der Waals surface area contributed by atoms with E-state index < -0.39 is 0 Å². The van der Waals surface area contributed by atoms with E-state index in [0.29, 0.717) is 0 Å². The van der Waals surface area contributed by atoms with Crippen LogP contribution in [0.5, 0.6) is 5.75 Å². The average molecular weight is 364 g/mol. The Hall–Kier alpha value is -2.27. The van der Waals surface area contributed by atoms with Crippen LogP contribution < -0.4 is 4.74 Å². The second-order valence-electron chi connectivity index (χ2n) is 5.32. The average Bonchev–Trinajstić information content (AvgIpc) is 3.20. The van der Waals surface area contributed by atoms with Gasteiger partial charge in [-0.25, -0.2) is 0 Å². The van der Waals surface area contributed by atoms with Crippen LogP contribution >= 0.6 is 23.5 Å². The summed E-state index contributed by atoms with van der Waals surface area (Å²) in [4.78, 5) is 0. The summed E-state index contributed by atoms with van der Waals surface area (Å²) in [5.74, 6) is 9.08. The Morgan fingerprint density at radius 1 is 1.04 bits per heavy atom. The van der Waals surface area contributed by atoms with Crippen LogP contribution in [0.3, 0.4) is 0 Å². The van der Waals surface area contributed by atoms with Crippen molar-refractivity contribution in [1.82, 2.24) is 0 Å². The Morgan fingerprint density at radius 2 is 1.72 bits per heavy atom. The van der Waals surface area contributed by atoms with Gasteiger partial charge in [0.1, 0.15) is 5.75 Å². The molecule has 1 fully saturated rings. The van der Waals surface area contributed by atoms with Crippen molar-refractivity contribution in [3.63, 3.8) is 0 Å². The molecule has 0 amide bonds. The molecule has 2 aromatic carbocycles. The number of ether oxygens (including phenoxy) is 1. The lowest BCUT2D eigenvalue weighted by Crippen LogP contribution is -2.03. The lowest BCUT2D eigenvalue weighted by atomic mass is 9.92. The summed E-state index contributed by atoms with van der Waals surface area (Å²) in [6.07, 6.45) is 0. The number of thioether (sulfide) groups is 2. The fraction of sp³-hybridized carbons (Fsp3) is 0.190. The van der Waals surface area contributed by atoms with Crippen LogP contribution in [0.1, 0.15) is 17.0 Å². The van der Waals surface area contributed by atoms with Crippen molar-refractivity contribution in [2.75, 3.05) is 18.6 Å². The van der Waals surface area contributed by atoms with Crippen LogP contribution in [0.15, 0.2) is 64.4 Å². The molecule has 1 saturated heterocycles. The van der Waals surface area contributed by atoms with Crippen LogP contribution in [0.25, 0.3) is 0 Å². The van der Waals surface area contributed by atoms with Crippen molar-refractivity contribution in [3.8, 4) is 23.7 Å². The van der Waals surface area contributed by atoms with Crippen LogP contribution in [0, 0.1) is 23.2 Å². The molecule has 1 aliphatic rings. The van der Waals surface area contributed by atoms with Crippen LogP contribution in [0.4, 0.5) is 0 Å². The smallest absolute Gasteiger partial charge is 0.123 e. The van der Waals surface area contributed by atoms with Gasteiger partial charge in [-0.05, 0) is 18.2 Å². The largest absolute Gasteiger partial charge is 0.496 e. The van der Waals surface area contributed by atoms with E-state index in [1.807, 2.05) is 54.6 Å². The molecule has 4 heteroatoms. The molecule has 1 atom stereocenters. The van der Waals surface area contributed by atoms with Crippen molar-refractivity contribution < 1.29 is 4.74 Å². The topological polar surface area (TPSA) is 33.0 Å². The van der Waals surface area contributed by atoms with Gasteiger partial charge >= 0.3 is 0 Å². The molecule has 124 valence electrons. The highest BCUT2D eigenvalue weighted by Crippen LogP contribution is 2.43. The number of nitrogens with zero attached hydrogens (tertiary/aromatic N) is 1. The highest BCUT2D eigenvalue weighted by atomic mass is 32.2. The minimum atomic E-state index is -0.297. The molecule has 2 aromatic rings. The predicted molar refractivity (Wildman–Crippen MR) is 107 cm³/mol. The molecular formula is C21H17NOS2. The van der Waals surface area contributed by atoms with Gasteiger partial charge in [-0.2, -0.15) is 5.26 Å². The monoisotopic (exact) mass is 363 g/mol. The van der Waals surface area contributed by atoms with Crippen LogP contribution in [-0.4, -0.2) is 18.6 Å². The minimum Gasteiger partial charge on any atom is -0.496 e. The number of methoxy groups -OCH3 is 1. The van der Waals surface area contributed by atoms with Gasteiger partial charge < -0.3 is 4.74 Å². The molecule has 1 heterocycles. The normalized spacial score (nSPS) is 14.2. The van der Waals surface area contributed by atoms with E-state index in [9.17, 15) is 5.26 Å². The summed E-state index contributed by atoms with van der Waals surface area (Å²) in [5, 5.41) is 9.84. The van der Waals surface area contributed by atoms with E-state index in [-0.39, 0.29) is 5.92 Å². The number of para-hydroxylation sites is 1. The van der Waals surface area contributed by atoms with E-state index in [2.05, 4.69) is 17.9 Å². The van der Waals surface area contributed by atoms with Gasteiger partial charge in [0.15, 0.2) is 0 Å². The molecule has 25 heavy (non-hydrogen) atoms. The Labute approximate surface area is 157 Å². The molecule has 3 rings (SSSR count). The zero-order valence-corrected chi connectivity index (χ0v) is 15.5. The minimum absolute atomic E-state index is 0.297. The molecule has 1 unspecified atom stereocenters. The molecule has 1 aliphatic heterocycles. The number of hydrogen-bond acceptors (Lipinski definition) is 4. The summed E-state index contributed by atoms with van der Waals surface area (Å²) >= 11 is 3.49. The summed E-state index contributed by atoms with van der Waals surface area (Å²) in [7, 11) is 1.65. The first-order chi connectivity index (χ1) is 12.3. The van der Waals surface area contributed by atoms with Crippen molar-refractivity contribution in [2.24, 2.45) is 0 Å². The molecular weight excluding hydrogens is 346 g/mol. The van der Waals surface area contributed by atoms with Crippen molar-refractivity contribution in [2.45, 2.75) is 5.92 Å². The Kier molecular flexibility index (Phi) is 6.12. The molecule has 0 bridgehead atoms. The summed E-state index contributed by atoms with van der Waals surface area (Å²) in [5.41, 5.74) is 2.60. The lowest BCUT2D eigenvalue weighted by molar-refractivity contribution is 0.409. The maximum atomic E-state index is 9.84. The SMILES string of the molecule is COc1ccccc1C(C#Cc1ccccc1)C(C#N)=C1SCCS1. The Morgan fingerprint density at radius 3 is 2.40 bits per heavy atom. The number of nitriles is 1. The van der Waals surface area contributed by atoms with Crippen LogP contribution in [0.2, 0.25) is 0 Å². The van der Waals surface area contributed by atoms with E-state index in [1.165, 1.54) is 0 Å². The maximum Gasteiger partial charge on any atom is 0.123 e. The highest BCUT2D eigenvalue weighted by molar-refractivity contribution is 8.25. The number of hydrogen-bond donors (Lipinski definition) is 0. The van der Waals surface area contributed by atoms with Gasteiger partial charge in [-0.3, -0.25) is 0 Å².